The molecule has 2 nitrogen and oxygen atoms in total. The van der Waals surface area contributed by atoms with Crippen molar-refractivity contribution in [3.05, 3.63) is 126 Å². The molecule has 5 aromatic carbocycles. The molecule has 51 heavy (non-hydrogen) atoms. The number of benzene rings is 5. The summed E-state index contributed by atoms with van der Waals surface area (Å²) in [6, 6.07) is 43.2. The van der Waals surface area contributed by atoms with Crippen molar-refractivity contribution in [1.82, 2.24) is 0 Å². The SMILES string of the molecule is c1ccc(N2c3ccccc3B3c4cc(C5CCCCC5)ccc4N(c4ccc(C5CCCCC5)cc4)c4cc(C5CCCCC5)cc2c43)cc1. The zero-order valence-corrected chi connectivity index (χ0v) is 30.2. The summed E-state index contributed by atoms with van der Waals surface area (Å²) in [7, 11) is 0. The summed E-state index contributed by atoms with van der Waals surface area (Å²) in [4.78, 5) is 5.26. The molecule has 3 fully saturated rings. The first kappa shape index (κ1) is 31.5. The Morgan fingerprint density at radius 1 is 0.373 bits per heavy atom. The van der Waals surface area contributed by atoms with E-state index in [4.69, 9.17) is 0 Å². The standard InChI is InChI=1S/C48H51BN2/c1-5-15-34(16-6-1)37-25-28-41(29-26-37)51-45-30-27-38(35-17-7-2-8-18-35)31-43(45)49-42-23-13-14-24-44(42)50(40-21-11-4-12-22-40)46-32-39(33-47(51)48(46)49)36-19-9-3-10-20-36/h4,11-14,21-36H,1-3,5-10,15-20H2. The van der Waals surface area contributed by atoms with Crippen molar-refractivity contribution in [2.24, 2.45) is 0 Å². The number of hydrogen-bond acceptors (Lipinski definition) is 2. The first-order valence-corrected chi connectivity index (χ1v) is 20.5. The van der Waals surface area contributed by atoms with E-state index < -0.39 is 0 Å². The maximum absolute atomic E-state index is 2.67. The Morgan fingerprint density at radius 2 is 0.863 bits per heavy atom. The van der Waals surface area contributed by atoms with Gasteiger partial charge in [-0.3, -0.25) is 0 Å². The van der Waals surface area contributed by atoms with Crippen LogP contribution in [0.25, 0.3) is 0 Å². The first-order chi connectivity index (χ1) is 25.3. The van der Waals surface area contributed by atoms with Crippen LogP contribution < -0.4 is 26.2 Å². The fourth-order valence-electron chi connectivity index (χ4n) is 10.8. The largest absolute Gasteiger partial charge is 0.311 e. The second-order valence-corrected chi connectivity index (χ2v) is 16.4. The van der Waals surface area contributed by atoms with E-state index in [9.17, 15) is 0 Å². The quantitative estimate of drug-likeness (QED) is 0.169. The normalized spacial score (nSPS) is 19.4. The average molecular weight is 667 g/mol. The molecule has 0 N–H and O–H groups in total. The van der Waals surface area contributed by atoms with Crippen LogP contribution in [0.5, 0.6) is 0 Å². The summed E-state index contributed by atoms with van der Waals surface area (Å²) in [5.74, 6) is 1.99. The predicted molar refractivity (Wildman–Crippen MR) is 218 cm³/mol. The van der Waals surface area contributed by atoms with Crippen molar-refractivity contribution in [2.75, 3.05) is 9.80 Å². The molecular formula is C48H51BN2. The van der Waals surface area contributed by atoms with Gasteiger partial charge in [0.25, 0.3) is 6.71 Å². The Balaban J connectivity index is 1.22. The van der Waals surface area contributed by atoms with Gasteiger partial charge in [-0.25, -0.2) is 0 Å². The van der Waals surface area contributed by atoms with E-state index >= 15 is 0 Å². The fraction of sp³-hybridized carbons (Fsp3) is 0.375. The predicted octanol–water partition coefficient (Wildman–Crippen LogP) is 11.9. The lowest BCUT2D eigenvalue weighted by Crippen LogP contribution is -2.61. The Kier molecular flexibility index (Phi) is 8.27. The van der Waals surface area contributed by atoms with E-state index in [1.54, 1.807) is 5.56 Å². The zero-order valence-electron chi connectivity index (χ0n) is 30.2. The third-order valence-electron chi connectivity index (χ3n) is 13.4. The first-order valence-electron chi connectivity index (χ1n) is 20.5. The van der Waals surface area contributed by atoms with Crippen molar-refractivity contribution >= 4 is 57.2 Å². The summed E-state index contributed by atoms with van der Waals surface area (Å²) in [6.45, 7) is 0.197. The topological polar surface area (TPSA) is 6.48 Å². The van der Waals surface area contributed by atoms with Gasteiger partial charge in [0, 0.05) is 34.1 Å². The van der Waals surface area contributed by atoms with Crippen molar-refractivity contribution in [2.45, 2.75) is 114 Å². The number of fused-ring (bicyclic) bond motifs is 4. The maximum Gasteiger partial charge on any atom is 0.252 e. The molecule has 3 saturated carbocycles. The van der Waals surface area contributed by atoms with Crippen LogP contribution in [0, 0.1) is 0 Å². The third kappa shape index (κ3) is 5.54. The summed E-state index contributed by atoms with van der Waals surface area (Å²) < 4.78 is 0. The van der Waals surface area contributed by atoms with Gasteiger partial charge >= 0.3 is 0 Å². The second kappa shape index (κ2) is 13.4. The molecule has 0 aromatic heterocycles. The van der Waals surface area contributed by atoms with Gasteiger partial charge in [0.05, 0.1) is 0 Å². The molecule has 2 heterocycles. The van der Waals surface area contributed by atoms with E-state index in [1.807, 2.05) is 0 Å². The highest BCUT2D eigenvalue weighted by Gasteiger charge is 2.44. The minimum atomic E-state index is 0.197. The molecule has 3 aliphatic carbocycles. The Labute approximate surface area is 306 Å². The van der Waals surface area contributed by atoms with Crippen molar-refractivity contribution in [3.63, 3.8) is 0 Å². The number of para-hydroxylation sites is 2. The molecule has 0 saturated heterocycles. The molecule has 256 valence electrons. The summed E-state index contributed by atoms with van der Waals surface area (Å²) in [6.07, 6.45) is 20.2. The lowest BCUT2D eigenvalue weighted by atomic mass is 9.33. The average Bonchev–Trinajstić information content (AvgIpc) is 3.22. The monoisotopic (exact) mass is 666 g/mol. The van der Waals surface area contributed by atoms with Gasteiger partial charge in [0.2, 0.25) is 0 Å². The molecule has 0 radical (unpaired) electrons. The van der Waals surface area contributed by atoms with Gasteiger partial charge in [0.15, 0.2) is 0 Å². The Morgan fingerprint density at radius 3 is 1.49 bits per heavy atom. The molecule has 0 atom stereocenters. The Bertz CT molecular complexity index is 2020. The number of nitrogens with zero attached hydrogens (tertiary/aromatic N) is 2. The maximum atomic E-state index is 2.67. The summed E-state index contributed by atoms with van der Waals surface area (Å²) in [5.41, 5.74) is 17.0. The molecule has 5 aromatic rings. The Hall–Kier alpha value is -4.24. The van der Waals surface area contributed by atoms with E-state index in [-0.39, 0.29) is 6.71 Å². The molecule has 10 rings (SSSR count). The molecule has 0 unspecified atom stereocenters. The molecule has 3 heteroatoms. The van der Waals surface area contributed by atoms with E-state index in [0.29, 0.717) is 17.8 Å². The van der Waals surface area contributed by atoms with Crippen LogP contribution in [-0.2, 0) is 0 Å². The van der Waals surface area contributed by atoms with Gasteiger partial charge in [-0.2, -0.15) is 0 Å². The molecule has 0 bridgehead atoms. The highest BCUT2D eigenvalue weighted by atomic mass is 15.2. The summed E-state index contributed by atoms with van der Waals surface area (Å²) >= 11 is 0. The van der Waals surface area contributed by atoms with Crippen molar-refractivity contribution in [1.29, 1.82) is 0 Å². The smallest absolute Gasteiger partial charge is 0.252 e. The number of rotatable bonds is 5. The molecule has 0 amide bonds. The van der Waals surface area contributed by atoms with E-state index in [0.717, 1.165) is 0 Å². The lowest BCUT2D eigenvalue weighted by Gasteiger charge is -2.45. The second-order valence-electron chi connectivity index (χ2n) is 16.4. The van der Waals surface area contributed by atoms with Crippen molar-refractivity contribution in [3.8, 4) is 0 Å². The van der Waals surface area contributed by atoms with E-state index in [1.165, 1.54) is 158 Å². The van der Waals surface area contributed by atoms with Gasteiger partial charge in [-0.1, -0.05) is 118 Å². The minimum absolute atomic E-state index is 0.197. The van der Waals surface area contributed by atoms with Gasteiger partial charge in [-0.15, -0.1) is 0 Å². The van der Waals surface area contributed by atoms with Crippen LogP contribution in [-0.4, -0.2) is 6.71 Å². The van der Waals surface area contributed by atoms with Crippen LogP contribution in [0.4, 0.5) is 34.1 Å². The van der Waals surface area contributed by atoms with Crippen LogP contribution in [0.3, 0.4) is 0 Å². The highest BCUT2D eigenvalue weighted by Crippen LogP contribution is 2.47. The van der Waals surface area contributed by atoms with Gasteiger partial charge in [-0.05, 0) is 138 Å². The molecular weight excluding hydrogens is 615 g/mol. The highest BCUT2D eigenvalue weighted by molar-refractivity contribution is 7.00. The summed E-state index contributed by atoms with van der Waals surface area (Å²) in [5, 5.41) is 0. The fourth-order valence-corrected chi connectivity index (χ4v) is 10.8. The molecule has 0 spiro atoms. The number of hydrogen-bond donors (Lipinski definition) is 0. The van der Waals surface area contributed by atoms with Gasteiger partial charge < -0.3 is 9.80 Å². The lowest BCUT2D eigenvalue weighted by molar-refractivity contribution is 0.443. The molecule has 5 aliphatic rings. The van der Waals surface area contributed by atoms with E-state index in [2.05, 4.69) is 119 Å². The third-order valence-corrected chi connectivity index (χ3v) is 13.4. The van der Waals surface area contributed by atoms with Gasteiger partial charge in [0.1, 0.15) is 0 Å². The van der Waals surface area contributed by atoms with Crippen LogP contribution in [0.15, 0.2) is 109 Å². The minimum Gasteiger partial charge on any atom is -0.311 e. The number of anilines is 6. The zero-order chi connectivity index (χ0) is 33.7. The van der Waals surface area contributed by atoms with Crippen LogP contribution >= 0.6 is 0 Å². The van der Waals surface area contributed by atoms with Crippen LogP contribution in [0.1, 0.15) is 131 Å². The van der Waals surface area contributed by atoms with Crippen LogP contribution in [0.2, 0.25) is 0 Å². The van der Waals surface area contributed by atoms with Crippen molar-refractivity contribution < 1.29 is 0 Å². The molecule has 2 aliphatic heterocycles.